The SMILES string of the molecule is COc1cccc(NC(=O)[C@@H](C)NC(=O)c2cc3c(OC)ccc(OC)c3[nH]2)c1. The molecule has 1 heterocycles. The van der Waals surface area contributed by atoms with Gasteiger partial charge in [0.1, 0.15) is 29.0 Å². The molecule has 8 nitrogen and oxygen atoms in total. The summed E-state index contributed by atoms with van der Waals surface area (Å²) in [7, 11) is 4.65. The molecule has 0 spiro atoms. The third-order valence-electron chi connectivity index (χ3n) is 4.48. The number of anilines is 1. The molecule has 3 rings (SSSR count). The van der Waals surface area contributed by atoms with E-state index in [0.29, 0.717) is 39.5 Å². The zero-order chi connectivity index (χ0) is 21.0. The number of aromatic nitrogens is 1. The minimum absolute atomic E-state index is 0.295. The van der Waals surface area contributed by atoms with Gasteiger partial charge in [-0.05, 0) is 37.3 Å². The lowest BCUT2D eigenvalue weighted by molar-refractivity contribution is -0.117. The van der Waals surface area contributed by atoms with Crippen molar-refractivity contribution in [3.05, 3.63) is 48.2 Å². The molecule has 2 aromatic carbocycles. The Kier molecular flexibility index (Phi) is 5.92. The number of ether oxygens (including phenoxy) is 3. The number of nitrogens with one attached hydrogen (secondary N) is 3. The van der Waals surface area contributed by atoms with Gasteiger partial charge in [-0.25, -0.2) is 0 Å². The molecule has 3 aromatic rings. The van der Waals surface area contributed by atoms with E-state index in [2.05, 4.69) is 15.6 Å². The van der Waals surface area contributed by atoms with Crippen LogP contribution < -0.4 is 24.8 Å². The van der Waals surface area contributed by atoms with Crippen LogP contribution in [0.3, 0.4) is 0 Å². The quantitative estimate of drug-likeness (QED) is 0.569. The highest BCUT2D eigenvalue weighted by Crippen LogP contribution is 2.33. The summed E-state index contributed by atoms with van der Waals surface area (Å²) in [5, 5.41) is 6.15. The molecule has 0 aliphatic heterocycles. The molecule has 29 heavy (non-hydrogen) atoms. The van der Waals surface area contributed by atoms with Crippen molar-refractivity contribution in [2.45, 2.75) is 13.0 Å². The van der Waals surface area contributed by atoms with E-state index in [-0.39, 0.29) is 5.91 Å². The highest BCUT2D eigenvalue weighted by Gasteiger charge is 2.20. The van der Waals surface area contributed by atoms with Crippen LogP contribution in [-0.4, -0.2) is 44.2 Å². The van der Waals surface area contributed by atoms with Crippen LogP contribution in [0.25, 0.3) is 10.9 Å². The summed E-state index contributed by atoms with van der Waals surface area (Å²) in [6, 6.07) is 11.4. The first-order valence-corrected chi connectivity index (χ1v) is 8.96. The van der Waals surface area contributed by atoms with Gasteiger partial charge in [0.05, 0.1) is 26.8 Å². The summed E-state index contributed by atoms with van der Waals surface area (Å²) in [6.45, 7) is 1.61. The lowest BCUT2D eigenvalue weighted by Crippen LogP contribution is -2.41. The minimum atomic E-state index is -0.760. The first-order valence-electron chi connectivity index (χ1n) is 8.96. The molecule has 8 heteroatoms. The van der Waals surface area contributed by atoms with E-state index in [1.807, 2.05) is 0 Å². The molecule has 1 aromatic heterocycles. The van der Waals surface area contributed by atoms with Crippen LogP contribution in [-0.2, 0) is 4.79 Å². The van der Waals surface area contributed by atoms with Crippen LogP contribution in [0.15, 0.2) is 42.5 Å². The normalized spacial score (nSPS) is 11.6. The Bertz CT molecular complexity index is 1000. The van der Waals surface area contributed by atoms with Crippen molar-refractivity contribution in [2.75, 3.05) is 26.6 Å². The predicted molar refractivity (Wildman–Crippen MR) is 110 cm³/mol. The van der Waals surface area contributed by atoms with Crippen molar-refractivity contribution in [3.63, 3.8) is 0 Å². The van der Waals surface area contributed by atoms with Gasteiger partial charge in [-0.3, -0.25) is 9.59 Å². The van der Waals surface area contributed by atoms with Crippen molar-refractivity contribution in [2.24, 2.45) is 0 Å². The molecule has 0 unspecified atom stereocenters. The summed E-state index contributed by atoms with van der Waals surface area (Å²) >= 11 is 0. The molecule has 0 radical (unpaired) electrons. The number of hydrogen-bond donors (Lipinski definition) is 3. The van der Waals surface area contributed by atoms with Crippen molar-refractivity contribution in [1.82, 2.24) is 10.3 Å². The smallest absolute Gasteiger partial charge is 0.268 e. The van der Waals surface area contributed by atoms with Gasteiger partial charge in [0, 0.05) is 17.1 Å². The molecule has 2 amide bonds. The second kappa shape index (κ2) is 8.55. The maximum absolute atomic E-state index is 12.7. The Labute approximate surface area is 168 Å². The van der Waals surface area contributed by atoms with E-state index < -0.39 is 11.9 Å². The molecular weight excluding hydrogens is 374 g/mol. The fourth-order valence-corrected chi connectivity index (χ4v) is 2.93. The second-order valence-corrected chi connectivity index (χ2v) is 6.36. The summed E-state index contributed by atoms with van der Waals surface area (Å²) in [6.07, 6.45) is 0. The number of rotatable bonds is 7. The molecule has 0 aliphatic carbocycles. The number of fused-ring (bicyclic) bond motifs is 1. The first-order chi connectivity index (χ1) is 14.0. The van der Waals surface area contributed by atoms with E-state index >= 15 is 0 Å². The van der Waals surface area contributed by atoms with Crippen LogP contribution >= 0.6 is 0 Å². The van der Waals surface area contributed by atoms with Crippen LogP contribution in [0.2, 0.25) is 0 Å². The molecule has 0 saturated carbocycles. The van der Waals surface area contributed by atoms with E-state index in [1.54, 1.807) is 70.7 Å². The van der Waals surface area contributed by atoms with Crippen LogP contribution in [0.4, 0.5) is 5.69 Å². The largest absolute Gasteiger partial charge is 0.497 e. The van der Waals surface area contributed by atoms with E-state index in [1.165, 1.54) is 0 Å². The number of benzene rings is 2. The zero-order valence-corrected chi connectivity index (χ0v) is 16.7. The van der Waals surface area contributed by atoms with Gasteiger partial charge in [0.2, 0.25) is 5.91 Å². The fourth-order valence-electron chi connectivity index (χ4n) is 2.93. The summed E-state index contributed by atoms with van der Waals surface area (Å²) in [4.78, 5) is 28.1. The number of methoxy groups -OCH3 is 3. The molecule has 1 atom stereocenters. The average molecular weight is 397 g/mol. The van der Waals surface area contributed by atoms with Crippen LogP contribution in [0.5, 0.6) is 17.2 Å². The van der Waals surface area contributed by atoms with Gasteiger partial charge >= 0.3 is 0 Å². The van der Waals surface area contributed by atoms with Gasteiger partial charge in [-0.1, -0.05) is 6.07 Å². The lowest BCUT2D eigenvalue weighted by atomic mass is 10.2. The topological polar surface area (TPSA) is 102 Å². The highest BCUT2D eigenvalue weighted by molar-refractivity contribution is 6.04. The Morgan fingerprint density at radius 2 is 1.69 bits per heavy atom. The zero-order valence-electron chi connectivity index (χ0n) is 16.7. The predicted octanol–water partition coefficient (Wildman–Crippen LogP) is 2.95. The van der Waals surface area contributed by atoms with Crippen molar-refractivity contribution in [1.29, 1.82) is 0 Å². The molecular formula is C21H23N3O5. The maximum Gasteiger partial charge on any atom is 0.268 e. The monoisotopic (exact) mass is 397 g/mol. The van der Waals surface area contributed by atoms with Crippen molar-refractivity contribution in [3.8, 4) is 17.2 Å². The standard InChI is InChI=1S/C21H23N3O5/c1-12(20(25)23-13-6-5-7-14(10-13)27-2)22-21(26)16-11-15-17(28-3)8-9-18(29-4)19(15)24-16/h5-12,24H,1-4H3,(H,22,26)(H,23,25)/t12-/m1/s1. The molecule has 0 saturated heterocycles. The number of carbonyl (C=O) groups excluding carboxylic acids is 2. The van der Waals surface area contributed by atoms with Crippen molar-refractivity contribution >= 4 is 28.4 Å². The Hall–Kier alpha value is -3.68. The van der Waals surface area contributed by atoms with Crippen LogP contribution in [0.1, 0.15) is 17.4 Å². The number of carbonyl (C=O) groups is 2. The lowest BCUT2D eigenvalue weighted by Gasteiger charge is -2.14. The molecule has 0 bridgehead atoms. The number of aromatic amines is 1. The van der Waals surface area contributed by atoms with Crippen molar-refractivity contribution < 1.29 is 23.8 Å². The van der Waals surface area contributed by atoms with Gasteiger partial charge in [0.25, 0.3) is 5.91 Å². The Morgan fingerprint density at radius 3 is 2.38 bits per heavy atom. The highest BCUT2D eigenvalue weighted by atomic mass is 16.5. The van der Waals surface area contributed by atoms with E-state index in [4.69, 9.17) is 14.2 Å². The van der Waals surface area contributed by atoms with Gasteiger partial charge < -0.3 is 29.8 Å². The summed E-state index contributed by atoms with van der Waals surface area (Å²) in [5.41, 5.74) is 1.52. The average Bonchev–Trinajstić information content (AvgIpc) is 3.18. The van der Waals surface area contributed by atoms with E-state index in [0.717, 1.165) is 0 Å². The van der Waals surface area contributed by atoms with Gasteiger partial charge in [-0.15, -0.1) is 0 Å². The fraction of sp³-hybridized carbons (Fsp3) is 0.238. The minimum Gasteiger partial charge on any atom is -0.497 e. The number of H-pyrrole nitrogens is 1. The number of hydrogen-bond acceptors (Lipinski definition) is 5. The molecule has 0 aliphatic rings. The maximum atomic E-state index is 12.7. The third kappa shape index (κ3) is 4.26. The van der Waals surface area contributed by atoms with E-state index in [9.17, 15) is 9.59 Å². The van der Waals surface area contributed by atoms with Gasteiger partial charge in [0.15, 0.2) is 0 Å². The Balaban J connectivity index is 1.74. The Morgan fingerprint density at radius 1 is 0.966 bits per heavy atom. The third-order valence-corrected chi connectivity index (χ3v) is 4.48. The number of amides is 2. The van der Waals surface area contributed by atoms with Gasteiger partial charge in [-0.2, -0.15) is 0 Å². The first kappa shape index (κ1) is 20.1. The van der Waals surface area contributed by atoms with Crippen LogP contribution in [0, 0.1) is 0 Å². The summed E-state index contributed by atoms with van der Waals surface area (Å²) < 4.78 is 15.8. The molecule has 0 fully saturated rings. The molecule has 152 valence electrons. The molecule has 3 N–H and O–H groups in total. The second-order valence-electron chi connectivity index (χ2n) is 6.36. The summed E-state index contributed by atoms with van der Waals surface area (Å²) in [5.74, 6) is 1.06.